The van der Waals surface area contributed by atoms with E-state index in [0.717, 1.165) is 34.9 Å². The van der Waals surface area contributed by atoms with Gasteiger partial charge in [0.1, 0.15) is 0 Å². The Morgan fingerprint density at radius 1 is 1.44 bits per heavy atom. The molecule has 3 nitrogen and oxygen atoms in total. The van der Waals surface area contributed by atoms with Crippen molar-refractivity contribution in [3.05, 3.63) is 21.3 Å². The molecule has 0 radical (unpaired) electrons. The fourth-order valence-electron chi connectivity index (χ4n) is 2.28. The highest BCUT2D eigenvalue weighted by Crippen LogP contribution is 2.28. The normalized spacial score (nSPS) is 25.7. The topological polar surface area (TPSA) is 55.1 Å². The Kier molecular flexibility index (Phi) is 4.65. The van der Waals surface area contributed by atoms with Crippen molar-refractivity contribution >= 4 is 28.8 Å². The predicted molar refractivity (Wildman–Crippen MR) is 76.1 cm³/mol. The zero-order valence-corrected chi connectivity index (χ0v) is 12.1. The molecule has 1 aromatic heterocycles. The van der Waals surface area contributed by atoms with Gasteiger partial charge in [-0.05, 0) is 44.7 Å². The van der Waals surface area contributed by atoms with Crippen molar-refractivity contribution in [2.45, 2.75) is 50.6 Å². The lowest BCUT2D eigenvalue weighted by Crippen LogP contribution is -2.41. The third-order valence-electron chi connectivity index (χ3n) is 3.53. The molecule has 3 N–H and O–H groups in total. The van der Waals surface area contributed by atoms with Crippen LogP contribution in [-0.4, -0.2) is 18.0 Å². The van der Waals surface area contributed by atoms with Crippen LogP contribution in [0.25, 0.3) is 0 Å². The number of nitrogens with two attached hydrogens (primary N) is 1. The second-order valence-electron chi connectivity index (χ2n) is 4.98. The summed E-state index contributed by atoms with van der Waals surface area (Å²) in [5, 5.41) is 3.12. The molecular weight excluding hydrogens is 268 g/mol. The molecule has 0 bridgehead atoms. The number of carbonyl (C=O) groups excluding carboxylic acids is 1. The number of thiophene rings is 1. The van der Waals surface area contributed by atoms with Crippen LogP contribution in [0, 0.1) is 0 Å². The molecule has 1 fully saturated rings. The molecule has 1 aliphatic rings. The third kappa shape index (κ3) is 3.46. The monoisotopic (exact) mass is 286 g/mol. The molecule has 0 spiro atoms. The van der Waals surface area contributed by atoms with Crippen LogP contribution in [-0.2, 0) is 4.79 Å². The summed E-state index contributed by atoms with van der Waals surface area (Å²) in [6.45, 7) is 1.92. The van der Waals surface area contributed by atoms with Gasteiger partial charge in [0.25, 0.3) is 0 Å². The van der Waals surface area contributed by atoms with Gasteiger partial charge in [-0.2, -0.15) is 0 Å². The number of hydrogen-bond acceptors (Lipinski definition) is 3. The summed E-state index contributed by atoms with van der Waals surface area (Å²) in [7, 11) is 0. The fraction of sp³-hybridized carbons (Fsp3) is 0.615. The van der Waals surface area contributed by atoms with Gasteiger partial charge in [0.2, 0.25) is 5.91 Å². The number of nitrogens with one attached hydrogen (secondary N) is 1. The van der Waals surface area contributed by atoms with E-state index in [4.69, 9.17) is 17.3 Å². The molecule has 1 aliphatic carbocycles. The van der Waals surface area contributed by atoms with Gasteiger partial charge in [-0.15, -0.1) is 11.3 Å². The molecule has 2 rings (SSSR count). The fourth-order valence-corrected chi connectivity index (χ4v) is 3.39. The maximum absolute atomic E-state index is 12.1. The number of rotatable bonds is 3. The van der Waals surface area contributed by atoms with Crippen molar-refractivity contribution in [2.24, 2.45) is 5.73 Å². The highest BCUT2D eigenvalue weighted by Gasteiger charge is 2.23. The Hall–Kier alpha value is -0.580. The Morgan fingerprint density at radius 2 is 2.11 bits per heavy atom. The summed E-state index contributed by atoms with van der Waals surface area (Å²) < 4.78 is 0.730. The minimum atomic E-state index is -0.127. The van der Waals surface area contributed by atoms with E-state index in [9.17, 15) is 4.79 Å². The zero-order valence-electron chi connectivity index (χ0n) is 10.5. The molecule has 1 unspecified atom stereocenters. The second kappa shape index (κ2) is 6.04. The Balaban J connectivity index is 1.88. The minimum Gasteiger partial charge on any atom is -0.353 e. The van der Waals surface area contributed by atoms with Gasteiger partial charge in [0, 0.05) is 17.0 Å². The molecule has 18 heavy (non-hydrogen) atoms. The summed E-state index contributed by atoms with van der Waals surface area (Å²) in [5.41, 5.74) is 5.86. The lowest BCUT2D eigenvalue weighted by molar-refractivity contribution is -0.123. The van der Waals surface area contributed by atoms with Crippen molar-refractivity contribution in [3.63, 3.8) is 0 Å². The highest BCUT2D eigenvalue weighted by atomic mass is 35.5. The summed E-state index contributed by atoms with van der Waals surface area (Å²) in [5.74, 6) is -0.0351. The van der Waals surface area contributed by atoms with Crippen LogP contribution >= 0.6 is 22.9 Å². The number of hydrogen-bond donors (Lipinski definition) is 2. The maximum atomic E-state index is 12.1. The first-order valence-corrected chi connectivity index (χ1v) is 7.57. The molecule has 1 heterocycles. The molecular formula is C13H19ClN2OS. The van der Waals surface area contributed by atoms with Gasteiger partial charge in [0.05, 0.1) is 10.3 Å². The van der Waals surface area contributed by atoms with E-state index in [1.54, 1.807) is 0 Å². The van der Waals surface area contributed by atoms with Gasteiger partial charge >= 0.3 is 0 Å². The summed E-state index contributed by atoms with van der Waals surface area (Å²) in [4.78, 5) is 13.1. The Bertz CT molecular complexity index is 413. The molecule has 1 atom stereocenters. The number of amides is 1. The first kappa shape index (κ1) is 13.8. The lowest BCUT2D eigenvalue weighted by Gasteiger charge is -2.27. The number of carbonyl (C=O) groups is 1. The average molecular weight is 287 g/mol. The minimum absolute atomic E-state index is 0.0917. The van der Waals surface area contributed by atoms with E-state index in [2.05, 4.69) is 5.32 Å². The van der Waals surface area contributed by atoms with E-state index < -0.39 is 0 Å². The van der Waals surface area contributed by atoms with Crippen molar-refractivity contribution in [2.75, 3.05) is 0 Å². The quantitative estimate of drug-likeness (QED) is 0.898. The smallest absolute Gasteiger partial charge is 0.228 e. The van der Waals surface area contributed by atoms with Crippen molar-refractivity contribution in [3.8, 4) is 0 Å². The van der Waals surface area contributed by atoms with Gasteiger partial charge in [-0.25, -0.2) is 0 Å². The number of halogens is 1. The molecule has 1 saturated carbocycles. The van der Waals surface area contributed by atoms with Gasteiger partial charge in [-0.3, -0.25) is 4.79 Å². The molecule has 5 heteroatoms. The lowest BCUT2D eigenvalue weighted by atomic mass is 9.91. The van der Waals surface area contributed by atoms with Crippen LogP contribution in [0.4, 0.5) is 0 Å². The second-order valence-corrected chi connectivity index (χ2v) is 6.73. The van der Waals surface area contributed by atoms with E-state index in [1.807, 2.05) is 19.1 Å². The van der Waals surface area contributed by atoms with E-state index in [1.165, 1.54) is 11.3 Å². The van der Waals surface area contributed by atoms with E-state index in [-0.39, 0.29) is 17.9 Å². The van der Waals surface area contributed by atoms with Crippen molar-refractivity contribution in [1.29, 1.82) is 0 Å². The maximum Gasteiger partial charge on any atom is 0.228 e. The van der Waals surface area contributed by atoms with Gasteiger partial charge < -0.3 is 11.1 Å². The third-order valence-corrected chi connectivity index (χ3v) is 4.95. The zero-order chi connectivity index (χ0) is 13.1. The first-order chi connectivity index (χ1) is 8.56. The van der Waals surface area contributed by atoms with Gasteiger partial charge in [-0.1, -0.05) is 11.6 Å². The standard InChI is InChI=1S/C13H19ClN2OS/c1-8(11-6-7-12(14)18-11)13(17)16-10-4-2-9(15)3-5-10/h6-10H,2-5,15H2,1H3,(H,16,17). The average Bonchev–Trinajstić information content (AvgIpc) is 2.78. The van der Waals surface area contributed by atoms with Crippen LogP contribution < -0.4 is 11.1 Å². The van der Waals surface area contributed by atoms with Crippen LogP contribution in [0.5, 0.6) is 0 Å². The highest BCUT2D eigenvalue weighted by molar-refractivity contribution is 7.16. The largest absolute Gasteiger partial charge is 0.353 e. The van der Waals surface area contributed by atoms with Crippen LogP contribution in [0.2, 0.25) is 4.34 Å². The molecule has 100 valence electrons. The molecule has 0 aromatic carbocycles. The Morgan fingerprint density at radius 3 is 2.67 bits per heavy atom. The Labute approximate surface area is 117 Å². The molecule has 0 saturated heterocycles. The van der Waals surface area contributed by atoms with Gasteiger partial charge in [0.15, 0.2) is 0 Å². The van der Waals surface area contributed by atoms with Crippen molar-refractivity contribution < 1.29 is 4.79 Å². The first-order valence-electron chi connectivity index (χ1n) is 6.37. The van der Waals surface area contributed by atoms with E-state index in [0.29, 0.717) is 6.04 Å². The molecule has 1 aromatic rings. The predicted octanol–water partition coefficient (Wildman–Crippen LogP) is 2.89. The van der Waals surface area contributed by atoms with Crippen LogP contribution in [0.3, 0.4) is 0 Å². The summed E-state index contributed by atoms with van der Waals surface area (Å²) in [6.07, 6.45) is 3.99. The van der Waals surface area contributed by atoms with Crippen LogP contribution in [0.1, 0.15) is 43.4 Å². The molecule has 0 aliphatic heterocycles. The summed E-state index contributed by atoms with van der Waals surface area (Å²) >= 11 is 7.36. The van der Waals surface area contributed by atoms with E-state index >= 15 is 0 Å². The van der Waals surface area contributed by atoms with Crippen LogP contribution in [0.15, 0.2) is 12.1 Å². The molecule has 1 amide bonds. The SMILES string of the molecule is CC(C(=O)NC1CCC(N)CC1)c1ccc(Cl)s1. The van der Waals surface area contributed by atoms with Crippen molar-refractivity contribution in [1.82, 2.24) is 5.32 Å². The summed E-state index contributed by atoms with van der Waals surface area (Å²) in [6, 6.07) is 4.36.